The van der Waals surface area contributed by atoms with Crippen molar-refractivity contribution in [3.8, 4) is 0 Å². The number of piperidine rings is 1. The Morgan fingerprint density at radius 3 is 2.89 bits per heavy atom. The maximum atomic E-state index is 4.96. The zero-order valence-corrected chi connectivity index (χ0v) is 17.5. The van der Waals surface area contributed by atoms with Crippen LogP contribution in [0.1, 0.15) is 56.1 Å². The third kappa shape index (κ3) is 2.52. The van der Waals surface area contributed by atoms with Gasteiger partial charge < -0.3 is 4.90 Å². The van der Waals surface area contributed by atoms with Gasteiger partial charge in [-0.05, 0) is 80.2 Å². The molecule has 0 radical (unpaired) electrons. The summed E-state index contributed by atoms with van der Waals surface area (Å²) in [6.07, 6.45) is 11.3. The summed E-state index contributed by atoms with van der Waals surface area (Å²) < 4.78 is 1.38. The van der Waals surface area contributed by atoms with Gasteiger partial charge in [-0.15, -0.1) is 0 Å². The van der Waals surface area contributed by atoms with Gasteiger partial charge in [0.15, 0.2) is 5.13 Å². The van der Waals surface area contributed by atoms with Crippen molar-refractivity contribution in [3.63, 3.8) is 0 Å². The van der Waals surface area contributed by atoms with E-state index in [0.29, 0.717) is 5.41 Å². The van der Waals surface area contributed by atoms with Crippen LogP contribution >= 0.6 is 11.3 Å². The van der Waals surface area contributed by atoms with Crippen molar-refractivity contribution in [2.45, 2.75) is 62.8 Å². The van der Waals surface area contributed by atoms with Crippen LogP contribution in [-0.2, 0) is 11.8 Å². The molecule has 4 heteroatoms. The molecule has 0 unspecified atom stereocenters. The zero-order chi connectivity index (χ0) is 18.2. The third-order valence-electron chi connectivity index (χ3n) is 8.02. The van der Waals surface area contributed by atoms with Crippen LogP contribution in [0.4, 0.5) is 5.13 Å². The maximum absolute atomic E-state index is 4.96. The summed E-state index contributed by atoms with van der Waals surface area (Å²) in [6.45, 7) is 2.70. The number of anilines is 1. The summed E-state index contributed by atoms with van der Waals surface area (Å²) in [7, 11) is 4.21. The summed E-state index contributed by atoms with van der Waals surface area (Å²) >= 11 is 1.86. The first-order valence-electron chi connectivity index (χ1n) is 11.0. The predicted octanol–water partition coefficient (Wildman–Crippen LogP) is 4.83. The lowest BCUT2D eigenvalue weighted by atomic mass is 9.52. The van der Waals surface area contributed by atoms with Gasteiger partial charge in [0.1, 0.15) is 0 Å². The van der Waals surface area contributed by atoms with Crippen LogP contribution in [0.2, 0.25) is 0 Å². The molecule has 4 aliphatic rings. The lowest BCUT2D eigenvalue weighted by molar-refractivity contribution is -0.0132. The van der Waals surface area contributed by atoms with Crippen molar-refractivity contribution in [1.82, 2.24) is 9.88 Å². The molecular formula is C23H31N3S. The minimum Gasteiger partial charge on any atom is -0.354 e. The van der Waals surface area contributed by atoms with Gasteiger partial charge in [-0.2, -0.15) is 0 Å². The summed E-state index contributed by atoms with van der Waals surface area (Å²) in [5.74, 6) is 1.89. The SMILES string of the molecule is CN(C)c1nc2cc3c(cc2s1)C[C@@H]1[C@@H]2CCCC[C@]32CCN1CC1CC1. The Balaban J connectivity index is 1.47. The van der Waals surface area contributed by atoms with Crippen LogP contribution in [0.5, 0.6) is 0 Å². The zero-order valence-electron chi connectivity index (χ0n) is 16.7. The van der Waals surface area contributed by atoms with Crippen molar-refractivity contribution in [2.75, 3.05) is 32.1 Å². The van der Waals surface area contributed by atoms with Crippen molar-refractivity contribution in [1.29, 1.82) is 0 Å². The third-order valence-corrected chi connectivity index (χ3v) is 9.20. The lowest BCUT2D eigenvalue weighted by Gasteiger charge is -2.59. The van der Waals surface area contributed by atoms with E-state index in [9.17, 15) is 0 Å². The molecule has 3 atom stereocenters. The van der Waals surface area contributed by atoms with Gasteiger partial charge in [0, 0.05) is 32.1 Å². The van der Waals surface area contributed by atoms with Crippen molar-refractivity contribution in [3.05, 3.63) is 23.3 Å². The number of fused-ring (bicyclic) bond motifs is 2. The van der Waals surface area contributed by atoms with E-state index in [1.807, 2.05) is 11.3 Å². The van der Waals surface area contributed by atoms with Crippen LogP contribution < -0.4 is 4.90 Å². The molecule has 2 saturated carbocycles. The standard InChI is InChI=1S/C23H31N3S/c1-25(2)22-24-19-13-18-16(12-21(19)27-22)11-20-17-5-3-4-8-23(17,18)9-10-26(20)14-15-6-7-15/h12-13,15,17,20H,3-11,14H2,1-2H3/t17-,20+,23+/m0/s1. The van der Waals surface area contributed by atoms with Crippen LogP contribution in [-0.4, -0.2) is 43.1 Å². The number of aromatic nitrogens is 1. The Bertz CT molecular complexity index is 883. The second kappa shape index (κ2) is 5.93. The summed E-state index contributed by atoms with van der Waals surface area (Å²) in [5, 5.41) is 1.14. The number of benzene rings is 1. The first-order chi connectivity index (χ1) is 13.1. The Morgan fingerprint density at radius 2 is 2.07 bits per heavy atom. The molecule has 3 nitrogen and oxygen atoms in total. The molecule has 0 N–H and O–H groups in total. The highest BCUT2D eigenvalue weighted by Crippen LogP contribution is 2.56. The first-order valence-corrected chi connectivity index (χ1v) is 11.8. The molecule has 1 aromatic heterocycles. The van der Waals surface area contributed by atoms with E-state index in [4.69, 9.17) is 4.98 Å². The van der Waals surface area contributed by atoms with Gasteiger partial charge in [-0.25, -0.2) is 4.98 Å². The van der Waals surface area contributed by atoms with Gasteiger partial charge in [-0.3, -0.25) is 4.90 Å². The molecule has 3 aliphatic carbocycles. The number of hydrogen-bond acceptors (Lipinski definition) is 4. The fraction of sp³-hybridized carbons (Fsp3) is 0.696. The highest BCUT2D eigenvalue weighted by atomic mass is 32.1. The predicted molar refractivity (Wildman–Crippen MR) is 114 cm³/mol. The molecule has 2 bridgehead atoms. The first kappa shape index (κ1) is 16.8. The van der Waals surface area contributed by atoms with E-state index in [1.54, 1.807) is 11.1 Å². The molecule has 1 saturated heterocycles. The Kier molecular flexibility index (Phi) is 3.69. The van der Waals surface area contributed by atoms with Gasteiger partial charge >= 0.3 is 0 Å². The molecular weight excluding hydrogens is 350 g/mol. The Morgan fingerprint density at radius 1 is 1.19 bits per heavy atom. The van der Waals surface area contributed by atoms with Gasteiger partial charge in [0.05, 0.1) is 10.2 Å². The number of likely N-dealkylation sites (tertiary alicyclic amines) is 1. The Hall–Kier alpha value is -1.13. The molecule has 2 heterocycles. The lowest BCUT2D eigenvalue weighted by Crippen LogP contribution is -2.61. The second-order valence-corrected chi connectivity index (χ2v) is 10.8. The van der Waals surface area contributed by atoms with Crippen LogP contribution in [0.3, 0.4) is 0 Å². The van der Waals surface area contributed by atoms with Gasteiger partial charge in [0.2, 0.25) is 0 Å². The Labute approximate surface area is 166 Å². The number of nitrogens with zero attached hydrogens (tertiary/aromatic N) is 3. The molecule has 0 spiro atoms. The molecule has 2 aromatic rings. The van der Waals surface area contributed by atoms with Gasteiger partial charge in [0.25, 0.3) is 0 Å². The second-order valence-electron chi connectivity index (χ2n) is 9.84. The largest absolute Gasteiger partial charge is 0.354 e. The fourth-order valence-corrected chi connectivity index (χ4v) is 7.49. The molecule has 1 aromatic carbocycles. The topological polar surface area (TPSA) is 19.4 Å². The fourth-order valence-electron chi connectivity index (χ4n) is 6.55. The molecule has 0 amide bonds. The average Bonchev–Trinajstić information content (AvgIpc) is 3.38. The van der Waals surface area contributed by atoms with Crippen molar-refractivity contribution in [2.24, 2.45) is 11.8 Å². The van der Waals surface area contributed by atoms with Gasteiger partial charge in [-0.1, -0.05) is 24.2 Å². The van der Waals surface area contributed by atoms with Crippen LogP contribution in [0.15, 0.2) is 12.1 Å². The molecule has 27 heavy (non-hydrogen) atoms. The molecule has 6 rings (SSSR count). The van der Waals surface area contributed by atoms with Crippen LogP contribution in [0.25, 0.3) is 10.2 Å². The maximum Gasteiger partial charge on any atom is 0.185 e. The summed E-state index contributed by atoms with van der Waals surface area (Å²) in [6, 6.07) is 5.83. The normalized spacial score (nSPS) is 33.0. The number of thiazole rings is 1. The smallest absolute Gasteiger partial charge is 0.185 e. The molecule has 144 valence electrons. The van der Waals surface area contributed by atoms with Crippen molar-refractivity contribution >= 4 is 26.7 Å². The van der Waals surface area contributed by atoms with Crippen molar-refractivity contribution < 1.29 is 0 Å². The van der Waals surface area contributed by atoms with E-state index in [0.717, 1.165) is 23.0 Å². The number of hydrogen-bond donors (Lipinski definition) is 0. The summed E-state index contributed by atoms with van der Waals surface area (Å²) in [4.78, 5) is 10.0. The van der Waals surface area contributed by atoms with E-state index in [2.05, 4.69) is 36.0 Å². The highest BCUT2D eigenvalue weighted by Gasteiger charge is 2.54. The minimum atomic E-state index is 0.451. The minimum absolute atomic E-state index is 0.451. The monoisotopic (exact) mass is 381 g/mol. The molecule has 1 aliphatic heterocycles. The highest BCUT2D eigenvalue weighted by molar-refractivity contribution is 7.22. The molecule has 3 fully saturated rings. The van der Waals surface area contributed by atoms with Crippen LogP contribution in [0, 0.1) is 11.8 Å². The van der Waals surface area contributed by atoms with E-state index in [-0.39, 0.29) is 0 Å². The summed E-state index contributed by atoms with van der Waals surface area (Å²) in [5.41, 5.74) is 5.03. The van der Waals surface area contributed by atoms with E-state index < -0.39 is 0 Å². The number of rotatable bonds is 3. The average molecular weight is 382 g/mol. The van der Waals surface area contributed by atoms with E-state index >= 15 is 0 Å². The quantitative estimate of drug-likeness (QED) is 0.759. The van der Waals surface area contributed by atoms with E-state index in [1.165, 1.54) is 74.7 Å².